The molecule has 0 saturated carbocycles. The molecule has 0 radical (unpaired) electrons. The van der Waals surface area contributed by atoms with Crippen LogP contribution >= 0.6 is 15.6 Å². The van der Waals surface area contributed by atoms with Crippen molar-refractivity contribution in [2.24, 2.45) is 23.7 Å². The summed E-state index contributed by atoms with van der Waals surface area (Å²) in [7, 11) is -9.87. The zero-order chi connectivity index (χ0) is 57.6. The van der Waals surface area contributed by atoms with Crippen molar-refractivity contribution in [1.82, 2.24) is 0 Å². The molecule has 0 aliphatic heterocycles. The van der Waals surface area contributed by atoms with Crippen molar-refractivity contribution in [2.45, 2.75) is 286 Å². The molecule has 19 heteroatoms. The van der Waals surface area contributed by atoms with E-state index < -0.39 is 97.5 Å². The van der Waals surface area contributed by atoms with E-state index >= 15 is 0 Å². The molecule has 0 aromatic carbocycles. The fourth-order valence-corrected chi connectivity index (χ4v) is 9.95. The zero-order valence-corrected chi connectivity index (χ0v) is 51.4. The smallest absolute Gasteiger partial charge is 0.462 e. The van der Waals surface area contributed by atoms with Crippen LogP contribution in [0, 0.1) is 23.7 Å². The van der Waals surface area contributed by atoms with Crippen molar-refractivity contribution in [3.8, 4) is 0 Å². The van der Waals surface area contributed by atoms with Gasteiger partial charge in [-0.3, -0.25) is 37.3 Å². The van der Waals surface area contributed by atoms with Crippen LogP contribution in [0.25, 0.3) is 0 Å². The number of aliphatic hydroxyl groups is 1. The largest absolute Gasteiger partial charge is 0.472 e. The summed E-state index contributed by atoms with van der Waals surface area (Å²) < 4.78 is 67.6. The molecule has 2 unspecified atom stereocenters. The first-order chi connectivity index (χ1) is 36.6. The number of rotatable bonds is 55. The Morgan fingerprint density at radius 3 is 0.805 bits per heavy atom. The second-order valence-corrected chi connectivity index (χ2v) is 25.8. The number of esters is 4. The van der Waals surface area contributed by atoms with E-state index in [0.29, 0.717) is 49.4 Å². The Balaban J connectivity index is 5.24. The molecule has 0 fully saturated rings. The summed E-state index contributed by atoms with van der Waals surface area (Å²) in [5, 5.41) is 10.5. The molecule has 0 spiro atoms. The molecule has 5 atom stereocenters. The van der Waals surface area contributed by atoms with Crippen molar-refractivity contribution < 1.29 is 80.2 Å². The number of phosphoric acid groups is 2. The van der Waals surface area contributed by atoms with Gasteiger partial charge in [-0.05, 0) is 49.4 Å². The molecular formula is C58H112O17P2. The number of carbonyl (C=O) groups is 4. The summed E-state index contributed by atoms with van der Waals surface area (Å²) in [4.78, 5) is 71.8. The van der Waals surface area contributed by atoms with Gasteiger partial charge in [0.25, 0.3) is 0 Å². The summed E-state index contributed by atoms with van der Waals surface area (Å²) in [5.41, 5.74) is 0. The minimum atomic E-state index is -4.94. The molecule has 0 aromatic rings. The van der Waals surface area contributed by atoms with E-state index in [2.05, 4.69) is 55.4 Å². The highest BCUT2D eigenvalue weighted by Crippen LogP contribution is 2.45. The van der Waals surface area contributed by atoms with Crippen molar-refractivity contribution in [3.63, 3.8) is 0 Å². The Morgan fingerprint density at radius 1 is 0.325 bits per heavy atom. The molecule has 0 amide bonds. The third kappa shape index (κ3) is 53.2. The average molecular weight is 1140 g/mol. The SMILES string of the molecule is CC(C)CCCCCCCCCC(=O)O[C@H](COC(=O)CCCCCCCCC(C)C)COP(=O)(O)OC[C@@H](O)COP(=O)(O)OC[C@@H](COC(=O)CCCCCCCCC(C)C)OC(=O)CCCCCCCCC(C)C. The van der Waals surface area contributed by atoms with Crippen molar-refractivity contribution in [3.05, 3.63) is 0 Å². The maximum Gasteiger partial charge on any atom is 0.472 e. The third-order valence-electron chi connectivity index (χ3n) is 13.1. The highest BCUT2D eigenvalue weighted by molar-refractivity contribution is 7.47. The molecular weight excluding hydrogens is 1030 g/mol. The first kappa shape index (κ1) is 75.1. The highest BCUT2D eigenvalue weighted by atomic mass is 31.2. The van der Waals surface area contributed by atoms with Crippen LogP contribution in [-0.4, -0.2) is 96.7 Å². The van der Waals surface area contributed by atoms with Crippen molar-refractivity contribution in [2.75, 3.05) is 39.6 Å². The highest BCUT2D eigenvalue weighted by Gasteiger charge is 2.30. The summed E-state index contributed by atoms with van der Waals surface area (Å²) in [6, 6.07) is 0. The van der Waals surface area contributed by atoms with E-state index in [9.17, 15) is 43.2 Å². The van der Waals surface area contributed by atoms with Gasteiger partial charge in [-0.1, -0.05) is 216 Å². The fraction of sp³-hybridized carbons (Fsp3) is 0.931. The van der Waals surface area contributed by atoms with Gasteiger partial charge in [0.1, 0.15) is 19.3 Å². The number of carbonyl (C=O) groups excluding carboxylic acids is 4. The Hall–Kier alpha value is -1.94. The van der Waals surface area contributed by atoms with Gasteiger partial charge in [0.15, 0.2) is 12.2 Å². The van der Waals surface area contributed by atoms with Crippen LogP contribution in [0.5, 0.6) is 0 Å². The van der Waals surface area contributed by atoms with Crippen LogP contribution in [0.1, 0.15) is 267 Å². The van der Waals surface area contributed by atoms with Crippen molar-refractivity contribution in [1.29, 1.82) is 0 Å². The average Bonchev–Trinajstić information content (AvgIpc) is 3.35. The normalized spacial score (nSPS) is 14.6. The Labute approximate surface area is 467 Å². The van der Waals surface area contributed by atoms with Gasteiger partial charge in [-0.15, -0.1) is 0 Å². The van der Waals surface area contributed by atoms with Crippen LogP contribution in [-0.2, 0) is 65.4 Å². The predicted molar refractivity (Wildman–Crippen MR) is 303 cm³/mol. The molecule has 0 heterocycles. The lowest BCUT2D eigenvalue weighted by molar-refractivity contribution is -0.161. The minimum Gasteiger partial charge on any atom is -0.462 e. The van der Waals surface area contributed by atoms with Gasteiger partial charge in [-0.25, -0.2) is 9.13 Å². The monoisotopic (exact) mass is 1140 g/mol. The van der Waals surface area contributed by atoms with E-state index in [4.69, 9.17) is 37.0 Å². The Bertz CT molecular complexity index is 1560. The molecule has 17 nitrogen and oxygen atoms in total. The van der Waals surface area contributed by atoms with Gasteiger partial charge in [0, 0.05) is 25.7 Å². The number of ether oxygens (including phenoxy) is 4. The molecule has 0 bridgehead atoms. The summed E-state index contributed by atoms with van der Waals surface area (Å²) in [6.07, 6.45) is 25.8. The van der Waals surface area contributed by atoms with Gasteiger partial charge < -0.3 is 33.8 Å². The molecule has 3 N–H and O–H groups in total. The zero-order valence-electron chi connectivity index (χ0n) is 49.6. The van der Waals surface area contributed by atoms with E-state index in [0.717, 1.165) is 103 Å². The maximum absolute atomic E-state index is 12.9. The number of hydrogen-bond donors (Lipinski definition) is 3. The Morgan fingerprint density at radius 2 is 0.545 bits per heavy atom. The summed E-state index contributed by atoms with van der Waals surface area (Å²) in [6.45, 7) is 13.7. The molecule has 77 heavy (non-hydrogen) atoms. The molecule has 0 aliphatic carbocycles. The first-order valence-corrected chi connectivity index (χ1v) is 33.2. The molecule has 0 rings (SSSR count). The predicted octanol–water partition coefficient (Wildman–Crippen LogP) is 15.0. The summed E-state index contributed by atoms with van der Waals surface area (Å²) in [5.74, 6) is 0.568. The van der Waals surface area contributed by atoms with Crippen LogP contribution in [0.2, 0.25) is 0 Å². The fourth-order valence-electron chi connectivity index (χ4n) is 8.37. The lowest BCUT2D eigenvalue weighted by Crippen LogP contribution is -2.30. The van der Waals surface area contributed by atoms with Crippen LogP contribution in [0.3, 0.4) is 0 Å². The van der Waals surface area contributed by atoms with Gasteiger partial charge in [0.2, 0.25) is 0 Å². The number of phosphoric ester groups is 2. The van der Waals surface area contributed by atoms with E-state index in [1.807, 2.05) is 0 Å². The van der Waals surface area contributed by atoms with Gasteiger partial charge in [0.05, 0.1) is 26.4 Å². The third-order valence-corrected chi connectivity index (χ3v) is 15.0. The van der Waals surface area contributed by atoms with Crippen LogP contribution < -0.4 is 0 Å². The van der Waals surface area contributed by atoms with E-state index in [1.54, 1.807) is 0 Å². The topological polar surface area (TPSA) is 237 Å². The number of hydrogen-bond acceptors (Lipinski definition) is 15. The first-order valence-electron chi connectivity index (χ1n) is 30.2. The molecule has 0 aromatic heterocycles. The number of unbranched alkanes of at least 4 members (excludes halogenated alkanes) is 21. The van der Waals surface area contributed by atoms with E-state index in [1.165, 1.54) is 57.8 Å². The van der Waals surface area contributed by atoms with Gasteiger partial charge in [-0.2, -0.15) is 0 Å². The second-order valence-electron chi connectivity index (χ2n) is 22.9. The van der Waals surface area contributed by atoms with Gasteiger partial charge >= 0.3 is 39.5 Å². The quantitative estimate of drug-likeness (QED) is 0.0222. The maximum atomic E-state index is 12.9. The standard InChI is InChI=1S/C58H112O17P2/c1-48(2)34-26-18-10-9-11-24-32-40-57(62)74-53(44-68-55(60)38-30-22-15-12-19-27-35-49(3)4)46-72-76(64,65)70-42-52(59)43-71-77(66,67)73-47-54(75-58(63)41-33-25-17-14-21-29-37-51(7)8)45-69-56(61)39-31-23-16-13-20-28-36-50(5)6/h48-54,59H,9-47H2,1-8H3,(H,64,65)(H,66,67)/t52-,53-,54-/m1/s1. The molecule has 456 valence electrons. The lowest BCUT2D eigenvalue weighted by atomic mass is 10.0. The van der Waals surface area contributed by atoms with Crippen molar-refractivity contribution >= 4 is 39.5 Å². The molecule has 0 saturated heterocycles. The van der Waals surface area contributed by atoms with Crippen LogP contribution in [0.4, 0.5) is 0 Å². The Kier molecular flexibility index (Phi) is 47.5. The summed E-state index contributed by atoms with van der Waals surface area (Å²) >= 11 is 0. The minimum absolute atomic E-state index is 0.100. The van der Waals surface area contributed by atoms with Crippen LogP contribution in [0.15, 0.2) is 0 Å². The lowest BCUT2D eigenvalue weighted by Gasteiger charge is -2.21. The second kappa shape index (κ2) is 48.7. The number of aliphatic hydroxyl groups excluding tert-OH is 1. The molecule has 0 aliphatic rings. The van der Waals surface area contributed by atoms with E-state index in [-0.39, 0.29) is 25.7 Å².